The first-order valence-electron chi connectivity index (χ1n) is 7.53. The molecule has 106 valence electrons. The van der Waals surface area contributed by atoms with Gasteiger partial charge in [0.25, 0.3) is 0 Å². The molecule has 2 aliphatic rings. The summed E-state index contributed by atoms with van der Waals surface area (Å²) in [5.74, 6) is 0.613. The average molecular weight is 255 g/mol. The Morgan fingerprint density at radius 3 is 2.44 bits per heavy atom. The van der Waals surface area contributed by atoms with Crippen LogP contribution in [0.3, 0.4) is 0 Å². The van der Waals surface area contributed by atoms with Crippen molar-refractivity contribution in [2.45, 2.75) is 78.0 Å². The fraction of sp³-hybridized carbons (Fsp3) is 1.00. The van der Waals surface area contributed by atoms with E-state index in [9.17, 15) is 0 Å². The van der Waals surface area contributed by atoms with Crippen LogP contribution in [-0.4, -0.2) is 24.9 Å². The summed E-state index contributed by atoms with van der Waals surface area (Å²) in [7, 11) is 0. The minimum absolute atomic E-state index is 0.188. The number of rotatable bonds is 6. The summed E-state index contributed by atoms with van der Waals surface area (Å²) in [6.45, 7) is 9.81. The van der Waals surface area contributed by atoms with E-state index in [1.165, 1.54) is 25.7 Å². The van der Waals surface area contributed by atoms with Crippen LogP contribution in [0, 0.1) is 11.3 Å². The molecule has 1 N–H and O–H groups in total. The zero-order valence-electron chi connectivity index (χ0n) is 12.4. The van der Waals surface area contributed by atoms with Crippen LogP contribution in [0.2, 0.25) is 0 Å². The van der Waals surface area contributed by atoms with Crippen molar-refractivity contribution in [1.29, 1.82) is 0 Å². The Balaban J connectivity index is 1.69. The van der Waals surface area contributed by atoms with Crippen molar-refractivity contribution in [3.05, 3.63) is 0 Å². The highest BCUT2D eigenvalue weighted by Crippen LogP contribution is 2.43. The Kier molecular flexibility index (Phi) is 4.68. The quantitative estimate of drug-likeness (QED) is 0.739. The van der Waals surface area contributed by atoms with Gasteiger partial charge in [-0.25, -0.2) is 0 Å². The molecule has 0 aromatic carbocycles. The molecule has 0 saturated heterocycles. The molecule has 0 aromatic heterocycles. The van der Waals surface area contributed by atoms with E-state index < -0.39 is 0 Å². The summed E-state index contributed by atoms with van der Waals surface area (Å²) in [5, 5.41) is 0. The molecule has 2 unspecified atom stereocenters. The van der Waals surface area contributed by atoms with E-state index in [1.54, 1.807) is 0 Å². The maximum atomic E-state index is 5.96. The van der Waals surface area contributed by atoms with Gasteiger partial charge in [-0.05, 0) is 25.2 Å². The topological polar surface area (TPSA) is 30.5 Å². The van der Waals surface area contributed by atoms with Gasteiger partial charge in [-0.3, -0.25) is 4.84 Å². The van der Waals surface area contributed by atoms with Crippen molar-refractivity contribution in [2.24, 2.45) is 11.3 Å². The first-order valence-corrected chi connectivity index (χ1v) is 7.53. The van der Waals surface area contributed by atoms with Gasteiger partial charge >= 0.3 is 0 Å². The molecule has 0 amide bonds. The number of hydroxylamine groups is 1. The van der Waals surface area contributed by atoms with E-state index >= 15 is 0 Å². The zero-order valence-corrected chi connectivity index (χ0v) is 12.4. The summed E-state index contributed by atoms with van der Waals surface area (Å²) in [6.07, 6.45) is 6.97. The van der Waals surface area contributed by atoms with Crippen molar-refractivity contribution in [2.75, 3.05) is 6.61 Å². The molecule has 0 aliphatic heterocycles. The highest BCUT2D eigenvalue weighted by molar-refractivity contribution is 5.01. The summed E-state index contributed by atoms with van der Waals surface area (Å²) >= 11 is 0. The van der Waals surface area contributed by atoms with Crippen molar-refractivity contribution in [1.82, 2.24) is 5.48 Å². The van der Waals surface area contributed by atoms with Crippen LogP contribution < -0.4 is 5.48 Å². The number of hydrogen-bond donors (Lipinski definition) is 1. The Morgan fingerprint density at radius 1 is 1.22 bits per heavy atom. The average Bonchev–Trinajstić information content (AvgIpc) is 2.79. The molecule has 2 saturated carbocycles. The molecule has 18 heavy (non-hydrogen) atoms. The summed E-state index contributed by atoms with van der Waals surface area (Å²) in [4.78, 5) is 5.81. The van der Waals surface area contributed by atoms with Gasteiger partial charge in [0.1, 0.15) is 0 Å². The smallest absolute Gasteiger partial charge is 0.0790 e. The van der Waals surface area contributed by atoms with Crippen LogP contribution in [0.1, 0.15) is 59.8 Å². The van der Waals surface area contributed by atoms with Gasteiger partial charge in [0.2, 0.25) is 0 Å². The van der Waals surface area contributed by atoms with Crippen LogP contribution in [-0.2, 0) is 9.57 Å². The molecule has 0 spiro atoms. The normalized spacial score (nSPS) is 31.8. The molecule has 2 aliphatic carbocycles. The third-order valence-electron chi connectivity index (χ3n) is 4.49. The third-order valence-corrected chi connectivity index (χ3v) is 4.49. The SMILES string of the molecule is CC(C)COC1CC(NOC2CCCC2)C1(C)C. The maximum Gasteiger partial charge on any atom is 0.0790 e. The monoisotopic (exact) mass is 255 g/mol. The van der Waals surface area contributed by atoms with E-state index in [0.29, 0.717) is 24.2 Å². The highest BCUT2D eigenvalue weighted by Gasteiger charge is 2.49. The van der Waals surface area contributed by atoms with E-state index in [1.807, 2.05) is 0 Å². The lowest BCUT2D eigenvalue weighted by Gasteiger charge is -2.51. The molecule has 2 atom stereocenters. The van der Waals surface area contributed by atoms with Crippen molar-refractivity contribution >= 4 is 0 Å². The second kappa shape index (κ2) is 5.89. The predicted octanol–water partition coefficient (Wildman–Crippen LogP) is 3.29. The molecular formula is C15H29NO2. The van der Waals surface area contributed by atoms with Crippen LogP contribution in [0.25, 0.3) is 0 Å². The van der Waals surface area contributed by atoms with Gasteiger partial charge < -0.3 is 4.74 Å². The second-order valence-corrected chi connectivity index (χ2v) is 6.97. The van der Waals surface area contributed by atoms with E-state index in [4.69, 9.17) is 9.57 Å². The molecule has 0 aromatic rings. The number of nitrogens with one attached hydrogen (secondary N) is 1. The molecule has 2 fully saturated rings. The summed E-state index contributed by atoms with van der Waals surface area (Å²) in [5.41, 5.74) is 3.48. The predicted molar refractivity (Wildman–Crippen MR) is 73.2 cm³/mol. The first-order chi connectivity index (χ1) is 8.50. The van der Waals surface area contributed by atoms with E-state index in [-0.39, 0.29) is 5.41 Å². The molecule has 3 heteroatoms. The first kappa shape index (κ1) is 14.3. The Bertz CT molecular complexity index is 259. The molecule has 0 bridgehead atoms. The van der Waals surface area contributed by atoms with Gasteiger partial charge in [0.15, 0.2) is 0 Å². The second-order valence-electron chi connectivity index (χ2n) is 6.97. The Morgan fingerprint density at radius 2 is 1.89 bits per heavy atom. The molecule has 0 radical (unpaired) electrons. The van der Waals surface area contributed by atoms with Gasteiger partial charge in [0.05, 0.1) is 12.2 Å². The Hall–Kier alpha value is -0.120. The zero-order chi connectivity index (χ0) is 13.2. The lowest BCUT2D eigenvalue weighted by Crippen LogP contribution is -2.61. The third kappa shape index (κ3) is 3.25. The van der Waals surface area contributed by atoms with E-state index in [0.717, 1.165) is 13.0 Å². The lowest BCUT2D eigenvalue weighted by molar-refractivity contribution is -0.171. The van der Waals surface area contributed by atoms with Gasteiger partial charge in [-0.15, -0.1) is 0 Å². The van der Waals surface area contributed by atoms with Crippen LogP contribution in [0.15, 0.2) is 0 Å². The number of ether oxygens (including phenoxy) is 1. The van der Waals surface area contributed by atoms with E-state index in [2.05, 4.69) is 33.2 Å². The minimum atomic E-state index is 0.188. The minimum Gasteiger partial charge on any atom is -0.377 e. The van der Waals surface area contributed by atoms with Crippen LogP contribution in [0.4, 0.5) is 0 Å². The largest absolute Gasteiger partial charge is 0.377 e. The highest BCUT2D eigenvalue weighted by atomic mass is 16.7. The van der Waals surface area contributed by atoms with Crippen LogP contribution in [0.5, 0.6) is 0 Å². The molecule has 0 heterocycles. The van der Waals surface area contributed by atoms with Gasteiger partial charge in [-0.1, -0.05) is 40.5 Å². The van der Waals surface area contributed by atoms with Crippen LogP contribution >= 0.6 is 0 Å². The standard InChI is InChI=1S/C15H29NO2/c1-11(2)10-17-14-9-13(15(14,3)4)16-18-12-7-5-6-8-12/h11-14,16H,5-10H2,1-4H3. The van der Waals surface area contributed by atoms with Crippen molar-refractivity contribution in [3.8, 4) is 0 Å². The Labute approximate surface area is 112 Å². The molecular weight excluding hydrogens is 226 g/mol. The summed E-state index contributed by atoms with van der Waals surface area (Å²) in [6, 6.07) is 0.440. The number of hydrogen-bond acceptors (Lipinski definition) is 3. The fourth-order valence-corrected chi connectivity index (χ4v) is 2.86. The van der Waals surface area contributed by atoms with Gasteiger partial charge in [0, 0.05) is 18.1 Å². The molecule has 2 rings (SSSR count). The maximum absolute atomic E-state index is 5.96. The fourth-order valence-electron chi connectivity index (χ4n) is 2.86. The van der Waals surface area contributed by atoms with Crippen molar-refractivity contribution < 1.29 is 9.57 Å². The van der Waals surface area contributed by atoms with Crippen molar-refractivity contribution in [3.63, 3.8) is 0 Å². The summed E-state index contributed by atoms with van der Waals surface area (Å²) < 4.78 is 5.96. The van der Waals surface area contributed by atoms with Gasteiger partial charge in [-0.2, -0.15) is 5.48 Å². The lowest BCUT2D eigenvalue weighted by atomic mass is 9.65. The molecule has 3 nitrogen and oxygen atoms in total.